The maximum Gasteiger partial charge on any atom is 0.240 e. The number of hydrogen-bond acceptors (Lipinski definition) is 4. The summed E-state index contributed by atoms with van der Waals surface area (Å²) in [5, 5.41) is 2.38. The lowest BCUT2D eigenvalue weighted by Gasteiger charge is -2.28. The van der Waals surface area contributed by atoms with Gasteiger partial charge in [-0.1, -0.05) is 86.0 Å². The molecule has 0 spiro atoms. The largest absolute Gasteiger partial charge is 0.341 e. The SMILES string of the molecule is CCCCCCCCCCCC(=O)NC(=O)C[C@H](N)C(=O)N(CC(C)C)CC(C)C. The summed E-state index contributed by atoms with van der Waals surface area (Å²) in [6.07, 6.45) is 10.8. The van der Waals surface area contributed by atoms with Crippen LogP contribution in [-0.4, -0.2) is 41.8 Å². The second kappa shape index (κ2) is 17.3. The van der Waals surface area contributed by atoms with Crippen LogP contribution in [0.3, 0.4) is 0 Å². The highest BCUT2D eigenvalue weighted by Gasteiger charge is 2.25. The number of carbonyl (C=O) groups is 3. The minimum absolute atomic E-state index is 0.158. The van der Waals surface area contributed by atoms with Crippen molar-refractivity contribution in [3.63, 3.8) is 0 Å². The normalized spacial score (nSPS) is 12.3. The fraction of sp³-hybridized carbons (Fsp3) is 0.875. The molecule has 0 aliphatic carbocycles. The quantitative estimate of drug-likeness (QED) is 0.338. The van der Waals surface area contributed by atoms with Crippen molar-refractivity contribution in [2.45, 2.75) is 111 Å². The van der Waals surface area contributed by atoms with Crippen LogP contribution in [0.15, 0.2) is 0 Å². The molecule has 0 heterocycles. The van der Waals surface area contributed by atoms with E-state index in [4.69, 9.17) is 5.73 Å². The molecule has 0 aromatic heterocycles. The molecule has 30 heavy (non-hydrogen) atoms. The second-order valence-corrected chi connectivity index (χ2v) is 9.39. The van der Waals surface area contributed by atoms with Crippen LogP contribution in [0.5, 0.6) is 0 Å². The van der Waals surface area contributed by atoms with E-state index < -0.39 is 11.9 Å². The van der Waals surface area contributed by atoms with E-state index in [0.717, 1.165) is 19.3 Å². The molecule has 0 aromatic rings. The summed E-state index contributed by atoms with van der Waals surface area (Å²) in [4.78, 5) is 38.4. The van der Waals surface area contributed by atoms with Crippen LogP contribution in [0.25, 0.3) is 0 Å². The van der Waals surface area contributed by atoms with Gasteiger partial charge in [0.1, 0.15) is 0 Å². The predicted molar refractivity (Wildman–Crippen MR) is 124 cm³/mol. The lowest BCUT2D eigenvalue weighted by Crippen LogP contribution is -2.48. The summed E-state index contributed by atoms with van der Waals surface area (Å²) in [6, 6.07) is -0.914. The van der Waals surface area contributed by atoms with Gasteiger partial charge >= 0.3 is 0 Å². The molecule has 0 aliphatic rings. The summed E-state index contributed by atoms with van der Waals surface area (Å²) in [6.45, 7) is 11.6. The standard InChI is InChI=1S/C24H47N3O3/c1-6-7-8-9-10-11-12-13-14-15-22(28)26-23(29)16-21(25)24(30)27(17-19(2)3)18-20(4)5/h19-21H,6-18,25H2,1-5H3,(H,26,28,29)/t21-/m0/s1. The monoisotopic (exact) mass is 425 g/mol. The number of rotatable bonds is 17. The molecule has 0 fully saturated rings. The van der Waals surface area contributed by atoms with Gasteiger partial charge in [-0.3, -0.25) is 19.7 Å². The van der Waals surface area contributed by atoms with Gasteiger partial charge in [0.2, 0.25) is 17.7 Å². The number of nitrogens with one attached hydrogen (secondary N) is 1. The highest BCUT2D eigenvalue weighted by Crippen LogP contribution is 2.11. The van der Waals surface area contributed by atoms with Crippen molar-refractivity contribution >= 4 is 17.7 Å². The minimum atomic E-state index is -0.914. The molecule has 0 saturated carbocycles. The maximum atomic E-state index is 12.6. The molecule has 0 saturated heterocycles. The summed E-state index contributed by atoms with van der Waals surface area (Å²) < 4.78 is 0. The first-order valence-electron chi connectivity index (χ1n) is 12.0. The van der Waals surface area contributed by atoms with Gasteiger partial charge in [0.25, 0.3) is 0 Å². The number of amides is 3. The van der Waals surface area contributed by atoms with Crippen molar-refractivity contribution in [3.8, 4) is 0 Å². The van der Waals surface area contributed by atoms with E-state index in [-0.39, 0.29) is 18.2 Å². The van der Waals surface area contributed by atoms with E-state index in [0.29, 0.717) is 31.3 Å². The van der Waals surface area contributed by atoms with Crippen LogP contribution < -0.4 is 11.1 Å². The summed E-state index contributed by atoms with van der Waals surface area (Å²) in [5.41, 5.74) is 5.98. The Kier molecular flexibility index (Phi) is 16.4. The van der Waals surface area contributed by atoms with Crippen molar-refractivity contribution in [2.75, 3.05) is 13.1 Å². The number of unbranched alkanes of at least 4 members (excludes halogenated alkanes) is 8. The first-order valence-corrected chi connectivity index (χ1v) is 12.0. The Morgan fingerprint density at radius 2 is 1.23 bits per heavy atom. The van der Waals surface area contributed by atoms with E-state index in [9.17, 15) is 14.4 Å². The van der Waals surface area contributed by atoms with Crippen LogP contribution in [0.1, 0.15) is 105 Å². The first kappa shape index (κ1) is 28.6. The fourth-order valence-corrected chi connectivity index (χ4v) is 3.52. The lowest BCUT2D eigenvalue weighted by molar-refractivity contribution is -0.137. The first-order chi connectivity index (χ1) is 14.2. The van der Waals surface area contributed by atoms with Crippen molar-refractivity contribution in [1.29, 1.82) is 0 Å². The third kappa shape index (κ3) is 15.4. The molecule has 3 N–H and O–H groups in total. The highest BCUT2D eigenvalue weighted by molar-refractivity contribution is 5.97. The molecule has 6 nitrogen and oxygen atoms in total. The number of nitrogens with two attached hydrogens (primary N) is 1. The van der Waals surface area contributed by atoms with Crippen LogP contribution in [0, 0.1) is 11.8 Å². The number of nitrogens with zero attached hydrogens (tertiary/aromatic N) is 1. The molecule has 0 unspecified atom stereocenters. The molecule has 0 bridgehead atoms. The average Bonchev–Trinajstić information content (AvgIpc) is 2.64. The molecule has 1 atom stereocenters. The summed E-state index contributed by atoms with van der Waals surface area (Å²) in [5.74, 6) is -0.313. The highest BCUT2D eigenvalue weighted by atomic mass is 16.2. The van der Waals surface area contributed by atoms with Crippen LogP contribution in [0.2, 0.25) is 0 Å². The summed E-state index contributed by atoms with van der Waals surface area (Å²) in [7, 11) is 0. The second-order valence-electron chi connectivity index (χ2n) is 9.39. The molecule has 0 radical (unpaired) electrons. The lowest BCUT2D eigenvalue weighted by atomic mass is 10.1. The zero-order valence-electron chi connectivity index (χ0n) is 20.2. The zero-order valence-corrected chi connectivity index (χ0v) is 20.2. The molecule has 176 valence electrons. The van der Waals surface area contributed by atoms with Crippen molar-refractivity contribution in [1.82, 2.24) is 10.2 Å². The number of imide groups is 1. The molecular weight excluding hydrogens is 378 g/mol. The third-order valence-corrected chi connectivity index (χ3v) is 4.99. The predicted octanol–water partition coefficient (Wildman–Crippen LogP) is 4.41. The average molecular weight is 426 g/mol. The zero-order chi connectivity index (χ0) is 22.9. The Bertz CT molecular complexity index is 482. The Balaban J connectivity index is 4.10. The van der Waals surface area contributed by atoms with Gasteiger partial charge in [-0.2, -0.15) is 0 Å². The molecule has 0 rings (SSSR count). The molecule has 0 aromatic carbocycles. The topological polar surface area (TPSA) is 92.5 Å². The third-order valence-electron chi connectivity index (χ3n) is 4.99. The number of hydrogen-bond donors (Lipinski definition) is 2. The van der Waals surface area contributed by atoms with Gasteiger partial charge < -0.3 is 10.6 Å². The van der Waals surface area contributed by atoms with Crippen molar-refractivity contribution in [3.05, 3.63) is 0 Å². The van der Waals surface area contributed by atoms with Crippen molar-refractivity contribution < 1.29 is 14.4 Å². The van der Waals surface area contributed by atoms with Gasteiger partial charge in [0.05, 0.1) is 12.5 Å². The molecule has 0 aliphatic heterocycles. The van der Waals surface area contributed by atoms with Gasteiger partial charge in [0.15, 0.2) is 0 Å². The Hall–Kier alpha value is -1.43. The fourth-order valence-electron chi connectivity index (χ4n) is 3.52. The minimum Gasteiger partial charge on any atom is -0.341 e. The van der Waals surface area contributed by atoms with E-state index in [1.54, 1.807) is 4.90 Å². The Morgan fingerprint density at radius 1 is 0.767 bits per heavy atom. The van der Waals surface area contributed by atoms with Gasteiger partial charge in [-0.05, 0) is 18.3 Å². The van der Waals surface area contributed by atoms with Crippen LogP contribution in [0.4, 0.5) is 0 Å². The van der Waals surface area contributed by atoms with Crippen LogP contribution >= 0.6 is 0 Å². The maximum absolute atomic E-state index is 12.6. The van der Waals surface area contributed by atoms with E-state index in [1.165, 1.54) is 38.5 Å². The van der Waals surface area contributed by atoms with E-state index in [2.05, 4.69) is 12.2 Å². The van der Waals surface area contributed by atoms with E-state index >= 15 is 0 Å². The van der Waals surface area contributed by atoms with E-state index in [1.807, 2.05) is 27.7 Å². The van der Waals surface area contributed by atoms with Gasteiger partial charge in [-0.25, -0.2) is 0 Å². The van der Waals surface area contributed by atoms with Gasteiger partial charge in [0, 0.05) is 19.5 Å². The Morgan fingerprint density at radius 3 is 1.70 bits per heavy atom. The summed E-state index contributed by atoms with van der Waals surface area (Å²) >= 11 is 0. The van der Waals surface area contributed by atoms with Gasteiger partial charge in [-0.15, -0.1) is 0 Å². The Labute approximate surface area is 184 Å². The molecule has 6 heteroatoms. The smallest absolute Gasteiger partial charge is 0.240 e. The molecule has 3 amide bonds. The molecular formula is C24H47N3O3. The van der Waals surface area contributed by atoms with Crippen LogP contribution in [-0.2, 0) is 14.4 Å². The van der Waals surface area contributed by atoms with Crippen molar-refractivity contribution in [2.24, 2.45) is 17.6 Å². The number of carbonyl (C=O) groups excluding carboxylic acids is 3.